The summed E-state index contributed by atoms with van der Waals surface area (Å²) in [4.78, 5) is 16.9. The molecule has 0 radical (unpaired) electrons. The summed E-state index contributed by atoms with van der Waals surface area (Å²) in [5.74, 6) is 0.928. The number of fused-ring (bicyclic) bond motifs is 3. The number of morpholine rings is 1. The first-order valence-electron chi connectivity index (χ1n) is 9.13. The molecule has 1 aliphatic carbocycles. The standard InChI is InChI=1S/C20H24N2O3S/c1-24-16-4-5-17-14(12-16)2-3-15-13-18(26-19(15)17)20(23)21-6-7-22-8-10-25-11-9-22/h4-5,12-13H,2-3,6-11H2,1H3,(H,21,23). The van der Waals surface area contributed by atoms with Crippen molar-refractivity contribution in [2.75, 3.05) is 46.5 Å². The number of benzene rings is 1. The first-order chi connectivity index (χ1) is 12.7. The third-order valence-corrected chi connectivity index (χ3v) is 6.28. The highest BCUT2D eigenvalue weighted by Crippen LogP contribution is 2.40. The Balaban J connectivity index is 1.42. The van der Waals surface area contributed by atoms with E-state index < -0.39 is 0 Å². The number of ether oxygens (including phenoxy) is 2. The lowest BCUT2D eigenvalue weighted by molar-refractivity contribution is 0.0383. The molecular weight excluding hydrogens is 348 g/mol. The molecule has 0 atom stereocenters. The van der Waals surface area contributed by atoms with E-state index >= 15 is 0 Å². The van der Waals surface area contributed by atoms with E-state index in [0.29, 0.717) is 6.54 Å². The summed E-state index contributed by atoms with van der Waals surface area (Å²) in [5, 5.41) is 3.07. The van der Waals surface area contributed by atoms with Crippen LogP contribution in [0.5, 0.6) is 5.75 Å². The van der Waals surface area contributed by atoms with Gasteiger partial charge in [0, 0.05) is 31.1 Å². The van der Waals surface area contributed by atoms with Crippen molar-refractivity contribution >= 4 is 17.2 Å². The molecule has 1 fully saturated rings. The Kier molecular flexibility index (Phi) is 5.24. The number of thiophene rings is 1. The molecule has 26 heavy (non-hydrogen) atoms. The summed E-state index contributed by atoms with van der Waals surface area (Å²) in [6.07, 6.45) is 1.97. The van der Waals surface area contributed by atoms with Crippen molar-refractivity contribution in [1.82, 2.24) is 10.2 Å². The molecule has 1 N–H and O–H groups in total. The molecule has 1 amide bonds. The van der Waals surface area contributed by atoms with E-state index in [2.05, 4.69) is 28.4 Å². The molecule has 1 saturated heterocycles. The number of hydrogen-bond donors (Lipinski definition) is 1. The van der Waals surface area contributed by atoms with Crippen LogP contribution in [-0.2, 0) is 17.6 Å². The van der Waals surface area contributed by atoms with E-state index in [4.69, 9.17) is 9.47 Å². The summed E-state index contributed by atoms with van der Waals surface area (Å²) in [5.41, 5.74) is 3.83. The van der Waals surface area contributed by atoms with Crippen LogP contribution in [-0.4, -0.2) is 57.3 Å². The molecule has 0 spiro atoms. The highest BCUT2D eigenvalue weighted by atomic mass is 32.1. The van der Waals surface area contributed by atoms with Crippen molar-refractivity contribution in [2.24, 2.45) is 0 Å². The molecule has 5 nitrogen and oxygen atoms in total. The van der Waals surface area contributed by atoms with Gasteiger partial charge in [-0.25, -0.2) is 0 Å². The SMILES string of the molecule is COc1ccc2c(c1)CCc1cc(C(=O)NCCN3CCOCC3)sc1-2. The summed E-state index contributed by atoms with van der Waals surface area (Å²) < 4.78 is 10.7. The van der Waals surface area contributed by atoms with E-state index in [-0.39, 0.29) is 5.91 Å². The molecular formula is C20H24N2O3S. The van der Waals surface area contributed by atoms with Gasteiger partial charge in [0.05, 0.1) is 25.2 Å². The number of aryl methyl sites for hydroxylation is 2. The van der Waals surface area contributed by atoms with Crippen molar-refractivity contribution in [3.63, 3.8) is 0 Å². The third kappa shape index (κ3) is 3.63. The van der Waals surface area contributed by atoms with E-state index in [1.54, 1.807) is 18.4 Å². The predicted octanol–water partition coefficient (Wildman–Crippen LogP) is 2.58. The summed E-state index contributed by atoms with van der Waals surface area (Å²) >= 11 is 1.60. The van der Waals surface area contributed by atoms with Crippen molar-refractivity contribution in [3.8, 4) is 16.2 Å². The van der Waals surface area contributed by atoms with Gasteiger partial charge in [0.1, 0.15) is 5.75 Å². The molecule has 138 valence electrons. The topological polar surface area (TPSA) is 50.8 Å². The fraction of sp³-hybridized carbons (Fsp3) is 0.450. The largest absolute Gasteiger partial charge is 0.497 e. The van der Waals surface area contributed by atoms with Gasteiger partial charge in [-0.15, -0.1) is 11.3 Å². The Morgan fingerprint density at radius 2 is 2.04 bits per heavy atom. The van der Waals surface area contributed by atoms with E-state index in [9.17, 15) is 4.79 Å². The number of methoxy groups -OCH3 is 1. The zero-order chi connectivity index (χ0) is 17.9. The molecule has 4 rings (SSSR count). The van der Waals surface area contributed by atoms with E-state index in [1.165, 1.54) is 21.6 Å². The first kappa shape index (κ1) is 17.5. The van der Waals surface area contributed by atoms with Gasteiger partial charge in [0.15, 0.2) is 0 Å². The summed E-state index contributed by atoms with van der Waals surface area (Å²) in [7, 11) is 1.69. The van der Waals surface area contributed by atoms with Crippen LogP contribution < -0.4 is 10.1 Å². The van der Waals surface area contributed by atoms with Gasteiger partial charge < -0.3 is 14.8 Å². The van der Waals surface area contributed by atoms with E-state index in [1.807, 2.05) is 6.07 Å². The highest BCUT2D eigenvalue weighted by Gasteiger charge is 2.22. The number of hydrogen-bond acceptors (Lipinski definition) is 5. The zero-order valence-electron chi connectivity index (χ0n) is 15.0. The van der Waals surface area contributed by atoms with Gasteiger partial charge in [-0.3, -0.25) is 9.69 Å². The molecule has 1 aromatic heterocycles. The lowest BCUT2D eigenvalue weighted by Crippen LogP contribution is -2.41. The minimum atomic E-state index is 0.0349. The van der Waals surface area contributed by atoms with Crippen LogP contribution in [0.3, 0.4) is 0 Å². The van der Waals surface area contributed by atoms with Crippen LogP contribution in [0.25, 0.3) is 10.4 Å². The van der Waals surface area contributed by atoms with Crippen LogP contribution in [0.15, 0.2) is 24.3 Å². The van der Waals surface area contributed by atoms with Gasteiger partial charge >= 0.3 is 0 Å². The van der Waals surface area contributed by atoms with Crippen LogP contribution in [0.2, 0.25) is 0 Å². The maximum absolute atomic E-state index is 12.6. The highest BCUT2D eigenvalue weighted by molar-refractivity contribution is 7.17. The average Bonchev–Trinajstić information content (AvgIpc) is 3.13. The summed E-state index contributed by atoms with van der Waals surface area (Å²) in [6, 6.07) is 8.29. The minimum Gasteiger partial charge on any atom is -0.497 e. The smallest absolute Gasteiger partial charge is 0.261 e. The second-order valence-electron chi connectivity index (χ2n) is 6.70. The Hall–Kier alpha value is -1.89. The summed E-state index contributed by atoms with van der Waals surface area (Å²) in [6.45, 7) is 5.02. The van der Waals surface area contributed by atoms with Gasteiger partial charge in [0.25, 0.3) is 5.91 Å². The average molecular weight is 372 g/mol. The number of carbonyl (C=O) groups is 1. The Morgan fingerprint density at radius 1 is 1.23 bits per heavy atom. The van der Waals surface area contributed by atoms with Gasteiger partial charge in [0.2, 0.25) is 0 Å². The second kappa shape index (κ2) is 7.78. The molecule has 0 unspecified atom stereocenters. The predicted molar refractivity (Wildman–Crippen MR) is 103 cm³/mol. The molecule has 0 bridgehead atoms. The molecule has 2 aromatic rings. The molecule has 2 heterocycles. The Labute approximate surface area is 157 Å². The molecule has 2 aliphatic rings. The molecule has 1 aliphatic heterocycles. The first-order valence-corrected chi connectivity index (χ1v) is 9.94. The fourth-order valence-electron chi connectivity index (χ4n) is 3.59. The van der Waals surface area contributed by atoms with Crippen molar-refractivity contribution in [1.29, 1.82) is 0 Å². The van der Waals surface area contributed by atoms with Crippen molar-refractivity contribution in [3.05, 3.63) is 40.3 Å². The monoisotopic (exact) mass is 372 g/mol. The normalized spacial score (nSPS) is 16.7. The fourth-order valence-corrected chi connectivity index (χ4v) is 4.78. The Bertz CT molecular complexity index is 796. The molecule has 0 saturated carbocycles. The number of carbonyl (C=O) groups excluding carboxylic acids is 1. The molecule has 6 heteroatoms. The van der Waals surface area contributed by atoms with Gasteiger partial charge in [-0.05, 0) is 53.8 Å². The van der Waals surface area contributed by atoms with Gasteiger partial charge in [-0.1, -0.05) is 0 Å². The number of nitrogens with one attached hydrogen (secondary N) is 1. The van der Waals surface area contributed by atoms with Crippen LogP contribution in [0.4, 0.5) is 0 Å². The van der Waals surface area contributed by atoms with E-state index in [0.717, 1.165) is 56.3 Å². The minimum absolute atomic E-state index is 0.0349. The van der Waals surface area contributed by atoms with Crippen LogP contribution in [0.1, 0.15) is 20.8 Å². The van der Waals surface area contributed by atoms with Crippen LogP contribution in [0, 0.1) is 0 Å². The van der Waals surface area contributed by atoms with Crippen LogP contribution >= 0.6 is 11.3 Å². The van der Waals surface area contributed by atoms with Gasteiger partial charge in [-0.2, -0.15) is 0 Å². The maximum atomic E-state index is 12.6. The number of nitrogens with zero attached hydrogens (tertiary/aromatic N) is 1. The second-order valence-corrected chi connectivity index (χ2v) is 7.75. The lowest BCUT2D eigenvalue weighted by Gasteiger charge is -2.26. The quantitative estimate of drug-likeness (QED) is 0.877. The number of amides is 1. The van der Waals surface area contributed by atoms with Crippen molar-refractivity contribution < 1.29 is 14.3 Å². The maximum Gasteiger partial charge on any atom is 0.261 e. The zero-order valence-corrected chi connectivity index (χ0v) is 15.9. The molecule has 1 aromatic carbocycles. The van der Waals surface area contributed by atoms with Crippen molar-refractivity contribution in [2.45, 2.75) is 12.8 Å². The number of rotatable bonds is 5. The Morgan fingerprint density at radius 3 is 2.85 bits per heavy atom. The lowest BCUT2D eigenvalue weighted by atomic mass is 9.91. The third-order valence-electron chi connectivity index (χ3n) is 5.07.